The maximum atomic E-state index is 11.9. The van der Waals surface area contributed by atoms with E-state index in [2.05, 4.69) is 25.6 Å². The van der Waals surface area contributed by atoms with Crippen LogP contribution in [-0.2, 0) is 4.79 Å². The van der Waals surface area contributed by atoms with Crippen molar-refractivity contribution in [2.45, 2.75) is 25.7 Å². The number of nitrogens with zero attached hydrogens (tertiary/aromatic N) is 3. The highest BCUT2D eigenvalue weighted by Gasteiger charge is 2.22. The molecule has 0 unspecified atom stereocenters. The highest BCUT2D eigenvalue weighted by molar-refractivity contribution is 5.90. The van der Waals surface area contributed by atoms with Crippen LogP contribution >= 0.6 is 0 Å². The van der Waals surface area contributed by atoms with Gasteiger partial charge in [0.05, 0.1) is 18.4 Å². The molecule has 3 rings (SSSR count). The van der Waals surface area contributed by atoms with Crippen LogP contribution in [-0.4, -0.2) is 45.8 Å². The normalized spacial score (nSPS) is 17.0. The lowest BCUT2D eigenvalue weighted by Gasteiger charge is -2.30. The number of likely N-dealkylation sites (tertiary alicyclic amines) is 1. The van der Waals surface area contributed by atoms with Crippen molar-refractivity contribution in [1.82, 2.24) is 20.3 Å². The van der Waals surface area contributed by atoms with Crippen LogP contribution in [0.3, 0.4) is 0 Å². The van der Waals surface area contributed by atoms with Gasteiger partial charge in [-0.1, -0.05) is 5.16 Å². The van der Waals surface area contributed by atoms with Gasteiger partial charge in [-0.3, -0.25) is 20.1 Å². The summed E-state index contributed by atoms with van der Waals surface area (Å²) in [6.07, 6.45) is 5.95. The molecular formula is C14H19N5O2. The summed E-state index contributed by atoms with van der Waals surface area (Å²) in [4.78, 5) is 14.1. The number of H-pyrrole nitrogens is 1. The summed E-state index contributed by atoms with van der Waals surface area (Å²) < 4.78 is 4.98. The summed E-state index contributed by atoms with van der Waals surface area (Å²) in [6.45, 7) is 4.04. The SMILES string of the molecule is Cc1cc(NC(=O)CN2CCC(c3cn[nH]c3)CC2)on1. The lowest BCUT2D eigenvalue weighted by molar-refractivity contribution is -0.117. The van der Waals surface area contributed by atoms with Gasteiger partial charge < -0.3 is 4.52 Å². The molecule has 0 saturated carbocycles. The number of hydrogen-bond donors (Lipinski definition) is 2. The van der Waals surface area contributed by atoms with Crippen LogP contribution in [0.5, 0.6) is 0 Å². The average Bonchev–Trinajstić information content (AvgIpc) is 3.11. The van der Waals surface area contributed by atoms with E-state index in [-0.39, 0.29) is 5.91 Å². The van der Waals surface area contributed by atoms with Crippen molar-refractivity contribution in [3.63, 3.8) is 0 Å². The zero-order valence-corrected chi connectivity index (χ0v) is 12.0. The number of aromatic amines is 1. The highest BCUT2D eigenvalue weighted by Crippen LogP contribution is 2.26. The van der Waals surface area contributed by atoms with Crippen molar-refractivity contribution in [3.05, 3.63) is 29.7 Å². The van der Waals surface area contributed by atoms with E-state index in [1.807, 2.05) is 19.3 Å². The molecule has 1 amide bonds. The molecule has 0 bridgehead atoms. The second-order valence-electron chi connectivity index (χ2n) is 5.46. The van der Waals surface area contributed by atoms with E-state index in [0.717, 1.165) is 31.6 Å². The molecule has 0 radical (unpaired) electrons. The summed E-state index contributed by atoms with van der Waals surface area (Å²) in [5, 5.41) is 13.3. The van der Waals surface area contributed by atoms with Gasteiger partial charge >= 0.3 is 0 Å². The van der Waals surface area contributed by atoms with E-state index < -0.39 is 0 Å². The Hall–Kier alpha value is -2.15. The minimum absolute atomic E-state index is 0.0621. The van der Waals surface area contributed by atoms with Gasteiger partial charge in [0.1, 0.15) is 0 Å². The Labute approximate surface area is 122 Å². The largest absolute Gasteiger partial charge is 0.338 e. The van der Waals surface area contributed by atoms with E-state index in [9.17, 15) is 4.79 Å². The first kappa shape index (κ1) is 13.8. The van der Waals surface area contributed by atoms with Crippen LogP contribution in [0.2, 0.25) is 0 Å². The average molecular weight is 289 g/mol. The number of rotatable bonds is 4. The number of carbonyl (C=O) groups is 1. The smallest absolute Gasteiger partial charge is 0.240 e. The van der Waals surface area contributed by atoms with Gasteiger partial charge in [-0.05, 0) is 44.3 Å². The number of piperidine rings is 1. The van der Waals surface area contributed by atoms with Crippen LogP contribution in [0.25, 0.3) is 0 Å². The standard InChI is InChI=1S/C14H19N5O2/c1-10-6-14(21-18-10)17-13(20)9-19-4-2-11(3-5-19)12-7-15-16-8-12/h6-8,11H,2-5,9H2,1H3,(H,15,16)(H,17,20). The number of amides is 1. The predicted molar refractivity (Wildman–Crippen MR) is 76.9 cm³/mol. The van der Waals surface area contributed by atoms with Gasteiger partial charge in [0.15, 0.2) is 0 Å². The van der Waals surface area contributed by atoms with Crippen LogP contribution in [0, 0.1) is 6.92 Å². The summed E-state index contributed by atoms with van der Waals surface area (Å²) in [7, 11) is 0. The third kappa shape index (κ3) is 3.49. The number of anilines is 1. The molecule has 0 atom stereocenters. The van der Waals surface area contributed by atoms with Crippen molar-refractivity contribution < 1.29 is 9.32 Å². The summed E-state index contributed by atoms with van der Waals surface area (Å²) in [6, 6.07) is 1.71. The number of aromatic nitrogens is 3. The van der Waals surface area contributed by atoms with E-state index in [0.29, 0.717) is 18.3 Å². The van der Waals surface area contributed by atoms with Crippen LogP contribution in [0.1, 0.15) is 30.0 Å². The summed E-state index contributed by atoms with van der Waals surface area (Å²) >= 11 is 0. The zero-order valence-electron chi connectivity index (χ0n) is 12.0. The van der Waals surface area contributed by atoms with Crippen molar-refractivity contribution in [1.29, 1.82) is 0 Å². The fraction of sp³-hybridized carbons (Fsp3) is 0.500. The fourth-order valence-electron chi connectivity index (χ4n) is 2.71. The molecule has 7 heteroatoms. The molecule has 0 aliphatic carbocycles. The van der Waals surface area contributed by atoms with E-state index in [1.165, 1.54) is 5.56 Å². The zero-order chi connectivity index (χ0) is 14.7. The van der Waals surface area contributed by atoms with Gasteiger partial charge in [0.25, 0.3) is 0 Å². The molecule has 0 spiro atoms. The summed E-state index contributed by atoms with van der Waals surface area (Å²) in [5.41, 5.74) is 2.02. The molecule has 2 aromatic rings. The Balaban J connectivity index is 1.45. The van der Waals surface area contributed by atoms with Gasteiger partial charge in [0, 0.05) is 12.3 Å². The quantitative estimate of drug-likeness (QED) is 0.891. The molecule has 0 aromatic carbocycles. The minimum atomic E-state index is -0.0621. The summed E-state index contributed by atoms with van der Waals surface area (Å²) in [5.74, 6) is 0.888. The Morgan fingerprint density at radius 3 is 2.95 bits per heavy atom. The number of aryl methyl sites for hydroxylation is 1. The molecule has 7 nitrogen and oxygen atoms in total. The molecule has 21 heavy (non-hydrogen) atoms. The van der Waals surface area contributed by atoms with E-state index in [4.69, 9.17) is 4.52 Å². The molecule has 3 heterocycles. The van der Waals surface area contributed by atoms with E-state index in [1.54, 1.807) is 6.07 Å². The lowest BCUT2D eigenvalue weighted by Crippen LogP contribution is -2.38. The van der Waals surface area contributed by atoms with Crippen LogP contribution < -0.4 is 5.32 Å². The molecule has 2 N–H and O–H groups in total. The second-order valence-corrected chi connectivity index (χ2v) is 5.46. The maximum absolute atomic E-state index is 11.9. The molecule has 1 aliphatic rings. The third-order valence-electron chi connectivity index (χ3n) is 3.84. The number of hydrogen-bond acceptors (Lipinski definition) is 5. The van der Waals surface area contributed by atoms with Crippen molar-refractivity contribution in [2.75, 3.05) is 25.0 Å². The van der Waals surface area contributed by atoms with E-state index >= 15 is 0 Å². The molecular weight excluding hydrogens is 270 g/mol. The van der Waals surface area contributed by atoms with Crippen LogP contribution in [0.4, 0.5) is 5.88 Å². The van der Waals surface area contributed by atoms with Crippen molar-refractivity contribution >= 4 is 11.8 Å². The van der Waals surface area contributed by atoms with Gasteiger partial charge in [0.2, 0.25) is 11.8 Å². The highest BCUT2D eigenvalue weighted by atomic mass is 16.5. The second kappa shape index (κ2) is 6.09. The first-order valence-electron chi connectivity index (χ1n) is 7.15. The van der Waals surface area contributed by atoms with Crippen molar-refractivity contribution in [3.8, 4) is 0 Å². The maximum Gasteiger partial charge on any atom is 0.240 e. The monoisotopic (exact) mass is 289 g/mol. The Bertz CT molecular complexity index is 584. The van der Waals surface area contributed by atoms with Crippen LogP contribution in [0.15, 0.2) is 23.0 Å². The first-order chi connectivity index (χ1) is 10.2. The van der Waals surface area contributed by atoms with Crippen molar-refractivity contribution in [2.24, 2.45) is 0 Å². The Morgan fingerprint density at radius 1 is 1.52 bits per heavy atom. The molecule has 1 saturated heterocycles. The Kier molecular flexibility index (Phi) is 4.01. The first-order valence-corrected chi connectivity index (χ1v) is 7.15. The number of nitrogens with one attached hydrogen (secondary N) is 2. The minimum Gasteiger partial charge on any atom is -0.338 e. The molecule has 1 aliphatic heterocycles. The predicted octanol–water partition coefficient (Wildman–Crippen LogP) is 1.52. The molecule has 112 valence electrons. The molecule has 2 aromatic heterocycles. The van der Waals surface area contributed by atoms with Gasteiger partial charge in [-0.25, -0.2) is 0 Å². The number of carbonyl (C=O) groups excluding carboxylic acids is 1. The topological polar surface area (TPSA) is 87.0 Å². The van der Waals surface area contributed by atoms with Gasteiger partial charge in [-0.2, -0.15) is 5.10 Å². The third-order valence-corrected chi connectivity index (χ3v) is 3.84. The Morgan fingerprint density at radius 2 is 2.33 bits per heavy atom. The molecule has 1 fully saturated rings. The fourth-order valence-corrected chi connectivity index (χ4v) is 2.71. The lowest BCUT2D eigenvalue weighted by atomic mass is 9.91. The van der Waals surface area contributed by atoms with Gasteiger partial charge in [-0.15, -0.1) is 0 Å².